The van der Waals surface area contributed by atoms with Gasteiger partial charge in [-0.05, 0) is 61.6 Å². The van der Waals surface area contributed by atoms with Crippen LogP contribution in [0.2, 0.25) is 0 Å². The van der Waals surface area contributed by atoms with Gasteiger partial charge in [0.1, 0.15) is 5.82 Å². The lowest BCUT2D eigenvalue weighted by Crippen LogP contribution is -2.04. The Kier molecular flexibility index (Phi) is 4.16. The minimum absolute atomic E-state index is 0.209. The summed E-state index contributed by atoms with van der Waals surface area (Å²) < 4.78 is 14.2. The fraction of sp³-hybridized carbons (Fsp3) is 0.353. The van der Waals surface area contributed by atoms with Gasteiger partial charge >= 0.3 is 0 Å². The summed E-state index contributed by atoms with van der Waals surface area (Å²) in [5, 5.41) is 0. The quantitative estimate of drug-likeness (QED) is 0.689. The second-order valence-electron chi connectivity index (χ2n) is 5.34. The van der Waals surface area contributed by atoms with Crippen LogP contribution in [0.15, 0.2) is 34.8 Å². The van der Waals surface area contributed by atoms with Crippen LogP contribution in [0, 0.1) is 5.82 Å². The molecule has 0 unspecified atom stereocenters. The Morgan fingerprint density at radius 2 is 1.65 bits per heavy atom. The summed E-state index contributed by atoms with van der Waals surface area (Å²) in [4.78, 5) is 4.82. The van der Waals surface area contributed by atoms with E-state index in [0.29, 0.717) is 0 Å². The lowest BCUT2D eigenvalue weighted by atomic mass is 9.96. The SMILES string of the molecule is Fc1ccc(-c2cc(Br)c3c(n2)CCCCCC3)cc1. The maximum Gasteiger partial charge on any atom is 0.123 e. The van der Waals surface area contributed by atoms with Gasteiger partial charge in [0.05, 0.1) is 5.69 Å². The molecule has 0 saturated heterocycles. The molecular weight excluding hydrogens is 317 g/mol. The van der Waals surface area contributed by atoms with E-state index in [-0.39, 0.29) is 5.82 Å². The van der Waals surface area contributed by atoms with Crippen molar-refractivity contribution in [3.05, 3.63) is 51.9 Å². The molecule has 0 radical (unpaired) electrons. The lowest BCUT2D eigenvalue weighted by Gasteiger charge is -2.16. The predicted octanol–water partition coefficient (Wildman–Crippen LogP) is 5.31. The summed E-state index contributed by atoms with van der Waals surface area (Å²) in [5.41, 5.74) is 4.46. The molecule has 1 aliphatic rings. The summed E-state index contributed by atoms with van der Waals surface area (Å²) in [7, 11) is 0. The van der Waals surface area contributed by atoms with Gasteiger partial charge in [0.2, 0.25) is 0 Å². The molecule has 0 fully saturated rings. The van der Waals surface area contributed by atoms with E-state index in [1.807, 2.05) is 0 Å². The molecule has 20 heavy (non-hydrogen) atoms. The highest BCUT2D eigenvalue weighted by Crippen LogP contribution is 2.30. The van der Waals surface area contributed by atoms with Gasteiger partial charge < -0.3 is 0 Å². The van der Waals surface area contributed by atoms with E-state index in [4.69, 9.17) is 4.98 Å². The van der Waals surface area contributed by atoms with E-state index in [1.165, 1.54) is 49.1 Å². The molecular formula is C17H17BrFN. The van der Waals surface area contributed by atoms with Crippen LogP contribution in [0.25, 0.3) is 11.3 Å². The number of rotatable bonds is 1. The third-order valence-corrected chi connectivity index (χ3v) is 4.59. The molecule has 2 aromatic rings. The number of hydrogen-bond donors (Lipinski definition) is 0. The summed E-state index contributed by atoms with van der Waals surface area (Å²) in [5.74, 6) is -0.209. The van der Waals surface area contributed by atoms with Crippen molar-refractivity contribution in [2.45, 2.75) is 38.5 Å². The average Bonchev–Trinajstić information content (AvgIpc) is 2.41. The van der Waals surface area contributed by atoms with Crippen LogP contribution in [-0.4, -0.2) is 4.98 Å². The predicted molar refractivity (Wildman–Crippen MR) is 83.2 cm³/mol. The van der Waals surface area contributed by atoms with Crippen LogP contribution in [0.5, 0.6) is 0 Å². The fourth-order valence-electron chi connectivity index (χ4n) is 2.78. The summed E-state index contributed by atoms with van der Waals surface area (Å²) >= 11 is 3.69. The van der Waals surface area contributed by atoms with E-state index in [1.54, 1.807) is 12.1 Å². The third-order valence-electron chi connectivity index (χ3n) is 3.89. The van der Waals surface area contributed by atoms with Crippen LogP contribution in [-0.2, 0) is 12.8 Å². The number of fused-ring (bicyclic) bond motifs is 1. The second kappa shape index (κ2) is 6.04. The second-order valence-corrected chi connectivity index (χ2v) is 6.19. The first kappa shape index (κ1) is 13.7. The Morgan fingerprint density at radius 1 is 0.950 bits per heavy atom. The number of aromatic nitrogens is 1. The smallest absolute Gasteiger partial charge is 0.123 e. The van der Waals surface area contributed by atoms with E-state index in [2.05, 4.69) is 22.0 Å². The van der Waals surface area contributed by atoms with Gasteiger partial charge in [-0.3, -0.25) is 4.98 Å². The first-order valence-corrected chi connectivity index (χ1v) is 7.97. The molecule has 3 rings (SSSR count). The molecule has 0 N–H and O–H groups in total. The normalized spacial score (nSPS) is 15.3. The van der Waals surface area contributed by atoms with Gasteiger partial charge in [0.15, 0.2) is 0 Å². The van der Waals surface area contributed by atoms with Gasteiger partial charge in [0.25, 0.3) is 0 Å². The van der Waals surface area contributed by atoms with Crippen molar-refractivity contribution in [2.75, 3.05) is 0 Å². The number of aryl methyl sites for hydroxylation is 1. The van der Waals surface area contributed by atoms with Gasteiger partial charge in [0, 0.05) is 15.7 Å². The number of hydrogen-bond acceptors (Lipinski definition) is 1. The zero-order chi connectivity index (χ0) is 13.9. The Morgan fingerprint density at radius 3 is 2.40 bits per heavy atom. The third kappa shape index (κ3) is 2.93. The highest BCUT2D eigenvalue weighted by Gasteiger charge is 2.14. The molecule has 0 spiro atoms. The average molecular weight is 334 g/mol. The molecule has 1 aromatic carbocycles. The van der Waals surface area contributed by atoms with Gasteiger partial charge in [-0.2, -0.15) is 0 Å². The first-order valence-electron chi connectivity index (χ1n) is 7.18. The molecule has 0 atom stereocenters. The van der Waals surface area contributed by atoms with E-state index < -0.39 is 0 Å². The van der Waals surface area contributed by atoms with Crippen LogP contribution in [0.1, 0.15) is 36.9 Å². The maximum atomic E-state index is 13.0. The topological polar surface area (TPSA) is 12.9 Å². The molecule has 1 aliphatic carbocycles. The first-order chi connectivity index (χ1) is 9.74. The molecule has 0 amide bonds. The molecule has 0 aliphatic heterocycles. The number of pyridine rings is 1. The van der Waals surface area contributed by atoms with E-state index >= 15 is 0 Å². The van der Waals surface area contributed by atoms with Crippen molar-refractivity contribution in [2.24, 2.45) is 0 Å². The Balaban J connectivity index is 2.03. The zero-order valence-corrected chi connectivity index (χ0v) is 12.9. The van der Waals surface area contributed by atoms with E-state index in [9.17, 15) is 4.39 Å². The fourth-order valence-corrected chi connectivity index (χ4v) is 3.42. The highest BCUT2D eigenvalue weighted by molar-refractivity contribution is 9.10. The Hall–Kier alpha value is -1.22. The molecule has 104 valence electrons. The van der Waals surface area contributed by atoms with E-state index in [0.717, 1.165) is 28.6 Å². The minimum Gasteiger partial charge on any atom is -0.252 e. The molecule has 1 aromatic heterocycles. The summed E-state index contributed by atoms with van der Waals surface area (Å²) in [6.45, 7) is 0. The number of nitrogens with zero attached hydrogens (tertiary/aromatic N) is 1. The monoisotopic (exact) mass is 333 g/mol. The van der Waals surface area contributed by atoms with Crippen LogP contribution >= 0.6 is 15.9 Å². The summed E-state index contributed by atoms with van der Waals surface area (Å²) in [6.07, 6.45) is 7.20. The highest BCUT2D eigenvalue weighted by atomic mass is 79.9. The number of halogens is 2. The maximum absolute atomic E-state index is 13.0. The zero-order valence-electron chi connectivity index (χ0n) is 11.3. The van der Waals surface area contributed by atoms with Crippen molar-refractivity contribution >= 4 is 15.9 Å². The molecule has 0 bridgehead atoms. The molecule has 1 nitrogen and oxygen atoms in total. The Labute approximate surface area is 127 Å². The van der Waals surface area contributed by atoms with Crippen molar-refractivity contribution in [3.63, 3.8) is 0 Å². The Bertz CT molecular complexity index is 607. The van der Waals surface area contributed by atoms with Crippen molar-refractivity contribution in [3.8, 4) is 11.3 Å². The lowest BCUT2D eigenvalue weighted by molar-refractivity contribution is 0.608. The molecule has 0 saturated carbocycles. The van der Waals surface area contributed by atoms with Crippen molar-refractivity contribution in [1.29, 1.82) is 0 Å². The molecule has 1 heterocycles. The van der Waals surface area contributed by atoms with Gasteiger partial charge in [-0.15, -0.1) is 0 Å². The van der Waals surface area contributed by atoms with Crippen LogP contribution in [0.4, 0.5) is 4.39 Å². The van der Waals surface area contributed by atoms with Crippen LogP contribution in [0.3, 0.4) is 0 Å². The number of benzene rings is 1. The standard InChI is InChI=1S/C17H17BrFN/c18-15-11-17(12-7-9-13(19)10-8-12)20-16-6-4-2-1-3-5-14(15)16/h7-11H,1-6H2. The van der Waals surface area contributed by atoms with Crippen LogP contribution < -0.4 is 0 Å². The summed E-state index contributed by atoms with van der Waals surface area (Å²) in [6, 6.07) is 8.62. The largest absolute Gasteiger partial charge is 0.252 e. The molecule has 3 heteroatoms. The van der Waals surface area contributed by atoms with Gasteiger partial charge in [-0.1, -0.05) is 28.8 Å². The van der Waals surface area contributed by atoms with Gasteiger partial charge in [-0.25, -0.2) is 4.39 Å². The van der Waals surface area contributed by atoms with Crippen molar-refractivity contribution < 1.29 is 4.39 Å². The van der Waals surface area contributed by atoms with Crippen molar-refractivity contribution in [1.82, 2.24) is 4.98 Å². The minimum atomic E-state index is -0.209.